The zero-order valence-corrected chi connectivity index (χ0v) is 4.57. The fourth-order valence-electron chi connectivity index (χ4n) is 0.295. The third kappa shape index (κ3) is 3.75. The summed E-state index contributed by atoms with van der Waals surface area (Å²) >= 11 is 1.57. The van der Waals surface area contributed by atoms with Crippen molar-refractivity contribution in [3.63, 3.8) is 0 Å². The molecule has 1 heterocycles. The van der Waals surface area contributed by atoms with Crippen molar-refractivity contribution in [1.82, 2.24) is 0 Å². The van der Waals surface area contributed by atoms with E-state index >= 15 is 0 Å². The van der Waals surface area contributed by atoms with Crippen molar-refractivity contribution in [3.8, 4) is 0 Å². The van der Waals surface area contributed by atoms with E-state index in [1.165, 1.54) is 12.2 Å². The standard InChI is InChI=1S/C3H6OS.O2/c1-2-4-5-3-1;1-2/h1-3H2;. The van der Waals surface area contributed by atoms with Crippen LogP contribution in [-0.4, -0.2) is 12.4 Å². The summed E-state index contributed by atoms with van der Waals surface area (Å²) in [6.45, 7) is 0.963. The zero-order valence-electron chi connectivity index (χ0n) is 3.75. The molecule has 1 saturated heterocycles. The quantitative estimate of drug-likeness (QED) is 0.451. The molecule has 0 atom stereocenters. The first-order chi connectivity index (χ1) is 3.50. The Labute approximate surface area is 45.8 Å². The molecule has 1 fully saturated rings. The molecule has 0 aliphatic carbocycles. The Bertz CT molecular complexity index is 29.6. The molecule has 0 saturated carbocycles. The SMILES string of the molecule is C1COSC1.O=O. The summed E-state index contributed by atoms with van der Waals surface area (Å²) in [5.74, 6) is 1.19. The van der Waals surface area contributed by atoms with Crippen molar-refractivity contribution in [1.29, 1.82) is 0 Å². The Kier molecular flexibility index (Phi) is 5.83. The van der Waals surface area contributed by atoms with E-state index in [1.807, 2.05) is 0 Å². The monoisotopic (exact) mass is 122 g/mol. The molecule has 0 unspecified atom stereocenters. The molecule has 1 aliphatic heterocycles. The predicted octanol–water partition coefficient (Wildman–Crippen LogP) is 1.12. The van der Waals surface area contributed by atoms with Gasteiger partial charge in [-0.2, -0.15) is 0 Å². The van der Waals surface area contributed by atoms with Crippen LogP contribution >= 0.6 is 12.0 Å². The minimum Gasteiger partial charge on any atom is -0.315 e. The average Bonchev–Trinajstić information content (AvgIpc) is 2.23. The Morgan fingerprint density at radius 2 is 2.14 bits per heavy atom. The maximum Gasteiger partial charge on any atom is 0.0622 e. The molecule has 0 aromatic carbocycles. The number of hydrogen-bond acceptors (Lipinski definition) is 4. The normalized spacial score (nSPS) is 17.7. The van der Waals surface area contributed by atoms with Crippen LogP contribution in [0.1, 0.15) is 6.42 Å². The van der Waals surface area contributed by atoms with E-state index in [0.29, 0.717) is 0 Å². The summed E-state index contributed by atoms with van der Waals surface area (Å²) in [7, 11) is 0. The van der Waals surface area contributed by atoms with E-state index in [0.717, 1.165) is 6.61 Å². The van der Waals surface area contributed by atoms with Crippen LogP contribution in [0.25, 0.3) is 0 Å². The third-order valence-electron chi connectivity index (χ3n) is 0.539. The van der Waals surface area contributed by atoms with Gasteiger partial charge in [0, 0.05) is 15.7 Å². The van der Waals surface area contributed by atoms with Gasteiger partial charge in [0.1, 0.15) is 0 Å². The van der Waals surface area contributed by atoms with Crippen LogP contribution in [0.4, 0.5) is 0 Å². The van der Waals surface area contributed by atoms with Gasteiger partial charge in [0.15, 0.2) is 0 Å². The molecule has 4 heteroatoms. The molecular weight excluding hydrogens is 116 g/mol. The number of hydrogen-bond donors (Lipinski definition) is 0. The second-order valence-corrected chi connectivity index (χ2v) is 1.88. The van der Waals surface area contributed by atoms with Gasteiger partial charge in [0.2, 0.25) is 0 Å². The van der Waals surface area contributed by atoms with E-state index in [2.05, 4.69) is 0 Å². The van der Waals surface area contributed by atoms with Gasteiger partial charge in [0.05, 0.1) is 6.61 Å². The van der Waals surface area contributed by atoms with Crippen LogP contribution in [0.2, 0.25) is 0 Å². The molecular formula is C3H6O3S. The molecule has 1 rings (SSSR count). The van der Waals surface area contributed by atoms with Crippen LogP contribution in [0.15, 0.2) is 0 Å². The van der Waals surface area contributed by atoms with Gasteiger partial charge in [-0.3, -0.25) is 0 Å². The Morgan fingerprint density at radius 1 is 1.43 bits per heavy atom. The molecule has 7 heavy (non-hydrogen) atoms. The van der Waals surface area contributed by atoms with Crippen molar-refractivity contribution in [2.75, 3.05) is 12.4 Å². The highest BCUT2D eigenvalue weighted by molar-refractivity contribution is 7.94. The van der Waals surface area contributed by atoms with Crippen molar-refractivity contribution < 1.29 is 4.18 Å². The first kappa shape index (κ1) is 6.91. The fraction of sp³-hybridized carbons (Fsp3) is 1.00. The van der Waals surface area contributed by atoms with Gasteiger partial charge in [-0.15, -0.1) is 0 Å². The van der Waals surface area contributed by atoms with Gasteiger partial charge in [0.25, 0.3) is 0 Å². The highest BCUT2D eigenvalue weighted by Crippen LogP contribution is 2.11. The summed E-state index contributed by atoms with van der Waals surface area (Å²) < 4.78 is 4.86. The van der Waals surface area contributed by atoms with Crippen LogP contribution < -0.4 is 0 Å². The van der Waals surface area contributed by atoms with Crippen molar-refractivity contribution in [2.24, 2.45) is 0 Å². The van der Waals surface area contributed by atoms with E-state index in [-0.39, 0.29) is 0 Å². The van der Waals surface area contributed by atoms with Gasteiger partial charge < -0.3 is 4.18 Å². The van der Waals surface area contributed by atoms with Gasteiger partial charge in [-0.25, -0.2) is 0 Å². The lowest BCUT2D eigenvalue weighted by Crippen LogP contribution is -1.69. The lowest BCUT2D eigenvalue weighted by atomic mass is 10.5. The van der Waals surface area contributed by atoms with E-state index < -0.39 is 0 Å². The molecule has 1 aliphatic rings. The maximum atomic E-state index is 7.00. The zero-order chi connectivity index (χ0) is 5.54. The molecule has 0 aromatic rings. The minimum atomic E-state index is 0.963. The molecule has 0 aromatic heterocycles. The Morgan fingerprint density at radius 3 is 2.29 bits per heavy atom. The summed E-state index contributed by atoms with van der Waals surface area (Å²) in [5, 5.41) is 0. The first-order valence-corrected chi connectivity index (χ1v) is 2.82. The van der Waals surface area contributed by atoms with Gasteiger partial charge in [-0.05, 0) is 18.5 Å². The smallest absolute Gasteiger partial charge is 0.0622 e. The summed E-state index contributed by atoms with van der Waals surface area (Å²) in [6, 6.07) is 0. The fourth-order valence-corrected chi connectivity index (χ4v) is 0.884. The largest absolute Gasteiger partial charge is 0.315 e. The average molecular weight is 122 g/mol. The van der Waals surface area contributed by atoms with Crippen LogP contribution in [0.5, 0.6) is 0 Å². The van der Waals surface area contributed by atoms with Gasteiger partial charge in [-0.1, -0.05) is 0 Å². The maximum absolute atomic E-state index is 7.00. The highest BCUT2D eigenvalue weighted by atomic mass is 32.2. The summed E-state index contributed by atoms with van der Waals surface area (Å²) in [4.78, 5) is 14.0. The van der Waals surface area contributed by atoms with E-state index in [1.54, 1.807) is 12.0 Å². The topological polar surface area (TPSA) is 43.4 Å². The van der Waals surface area contributed by atoms with Crippen LogP contribution in [-0.2, 0) is 4.18 Å². The van der Waals surface area contributed by atoms with Gasteiger partial charge >= 0.3 is 0 Å². The minimum absolute atomic E-state index is 0.963. The first-order valence-electron chi connectivity index (χ1n) is 1.91. The highest BCUT2D eigenvalue weighted by Gasteiger charge is 1.96. The molecule has 0 amide bonds. The summed E-state index contributed by atoms with van der Waals surface area (Å²) in [6.07, 6.45) is 1.24. The third-order valence-corrected chi connectivity index (χ3v) is 1.33. The van der Waals surface area contributed by atoms with E-state index in [4.69, 9.17) is 14.1 Å². The molecule has 0 radical (unpaired) electrons. The Balaban J connectivity index is 0.000000162. The van der Waals surface area contributed by atoms with Crippen LogP contribution in [0.3, 0.4) is 0 Å². The van der Waals surface area contributed by atoms with Crippen LogP contribution in [0, 0.1) is 9.93 Å². The van der Waals surface area contributed by atoms with E-state index in [9.17, 15) is 0 Å². The molecule has 0 bridgehead atoms. The second kappa shape index (κ2) is 5.91. The molecule has 42 valence electrons. The second-order valence-electron chi connectivity index (χ2n) is 0.998. The lowest BCUT2D eigenvalue weighted by molar-refractivity contribution is 0.404. The molecule has 3 nitrogen and oxygen atoms in total. The van der Waals surface area contributed by atoms with Crippen molar-refractivity contribution in [2.45, 2.75) is 6.42 Å². The predicted molar refractivity (Wildman–Crippen MR) is 29.8 cm³/mol. The molecule has 0 spiro atoms. The number of rotatable bonds is 0. The molecule has 0 N–H and O–H groups in total. The van der Waals surface area contributed by atoms with Crippen molar-refractivity contribution >= 4 is 12.0 Å². The Hall–Kier alpha value is -0.0900. The lowest BCUT2D eigenvalue weighted by Gasteiger charge is -1.74. The van der Waals surface area contributed by atoms with Crippen molar-refractivity contribution in [3.05, 3.63) is 9.93 Å². The summed E-state index contributed by atoms with van der Waals surface area (Å²) in [5.41, 5.74) is 0.